The van der Waals surface area contributed by atoms with Crippen LogP contribution < -0.4 is 5.32 Å². The van der Waals surface area contributed by atoms with E-state index in [-0.39, 0.29) is 11.7 Å². The molecule has 106 valence electrons. The number of benzene rings is 2. The van der Waals surface area contributed by atoms with Crippen LogP contribution in [0.1, 0.15) is 10.4 Å². The van der Waals surface area contributed by atoms with E-state index < -0.39 is 0 Å². The normalized spacial score (nSPS) is 10.8. The number of H-pyrrole nitrogens is 1. The van der Waals surface area contributed by atoms with Crippen molar-refractivity contribution in [3.8, 4) is 0 Å². The Bertz CT molecular complexity index is 825. The quantitative estimate of drug-likeness (QED) is 0.694. The fourth-order valence-corrected chi connectivity index (χ4v) is 2.58. The van der Waals surface area contributed by atoms with E-state index in [2.05, 4.69) is 10.3 Å². The molecule has 0 fully saturated rings. The zero-order valence-corrected chi connectivity index (χ0v) is 12.1. The lowest BCUT2D eigenvalue weighted by molar-refractivity contribution is 0.102. The SMILES string of the molecule is O=C(Nc1c(Cl)cccc1Cl)c1c[nH]c2cc(F)ccc12. The summed E-state index contributed by atoms with van der Waals surface area (Å²) >= 11 is 12.0. The van der Waals surface area contributed by atoms with Crippen molar-refractivity contribution in [1.82, 2.24) is 4.98 Å². The van der Waals surface area contributed by atoms with Crippen LogP contribution in [0.2, 0.25) is 10.0 Å². The van der Waals surface area contributed by atoms with Crippen LogP contribution in [0.15, 0.2) is 42.6 Å². The maximum Gasteiger partial charge on any atom is 0.257 e. The average molecular weight is 323 g/mol. The summed E-state index contributed by atoms with van der Waals surface area (Å²) < 4.78 is 13.1. The van der Waals surface area contributed by atoms with Gasteiger partial charge in [-0.1, -0.05) is 29.3 Å². The first kappa shape index (κ1) is 13.9. The van der Waals surface area contributed by atoms with Crippen molar-refractivity contribution in [3.05, 3.63) is 64.0 Å². The summed E-state index contributed by atoms with van der Waals surface area (Å²) in [5.41, 5.74) is 1.29. The molecule has 0 aliphatic rings. The van der Waals surface area contributed by atoms with Crippen LogP contribution in [-0.2, 0) is 0 Å². The lowest BCUT2D eigenvalue weighted by atomic mass is 10.1. The summed E-state index contributed by atoms with van der Waals surface area (Å²) in [7, 11) is 0. The van der Waals surface area contributed by atoms with E-state index in [4.69, 9.17) is 23.2 Å². The molecule has 0 spiro atoms. The summed E-state index contributed by atoms with van der Waals surface area (Å²) in [4.78, 5) is 15.2. The Kier molecular flexibility index (Phi) is 3.57. The van der Waals surface area contributed by atoms with Gasteiger partial charge in [-0.15, -0.1) is 0 Å². The van der Waals surface area contributed by atoms with Crippen molar-refractivity contribution in [2.24, 2.45) is 0 Å². The molecular weight excluding hydrogens is 314 g/mol. The molecule has 0 saturated carbocycles. The third-order valence-corrected chi connectivity index (χ3v) is 3.72. The summed E-state index contributed by atoms with van der Waals surface area (Å²) in [6.45, 7) is 0. The zero-order valence-electron chi connectivity index (χ0n) is 10.6. The number of hydrogen-bond acceptors (Lipinski definition) is 1. The number of aromatic nitrogens is 1. The Morgan fingerprint density at radius 2 is 1.86 bits per heavy atom. The molecule has 0 saturated heterocycles. The Morgan fingerprint density at radius 1 is 1.14 bits per heavy atom. The summed E-state index contributed by atoms with van der Waals surface area (Å²) in [5, 5.41) is 3.99. The van der Waals surface area contributed by atoms with Crippen molar-refractivity contribution in [3.63, 3.8) is 0 Å². The second-order valence-corrected chi connectivity index (χ2v) is 5.26. The van der Waals surface area contributed by atoms with Gasteiger partial charge in [-0.25, -0.2) is 4.39 Å². The molecule has 3 rings (SSSR count). The number of rotatable bonds is 2. The molecule has 0 atom stereocenters. The number of fused-ring (bicyclic) bond motifs is 1. The monoisotopic (exact) mass is 322 g/mol. The average Bonchev–Trinajstić information content (AvgIpc) is 2.85. The molecule has 0 aliphatic carbocycles. The van der Waals surface area contributed by atoms with Crippen molar-refractivity contribution < 1.29 is 9.18 Å². The minimum absolute atomic E-state index is 0.349. The summed E-state index contributed by atoms with van der Waals surface area (Å²) in [5.74, 6) is -0.742. The van der Waals surface area contributed by atoms with Gasteiger partial charge in [0, 0.05) is 17.1 Å². The first-order chi connectivity index (χ1) is 10.1. The highest BCUT2D eigenvalue weighted by Crippen LogP contribution is 2.30. The molecule has 3 aromatic rings. The van der Waals surface area contributed by atoms with Gasteiger partial charge in [-0.3, -0.25) is 4.79 Å². The van der Waals surface area contributed by atoms with Gasteiger partial charge in [0.25, 0.3) is 5.91 Å². The number of para-hydroxylation sites is 1. The third-order valence-electron chi connectivity index (χ3n) is 3.09. The fraction of sp³-hybridized carbons (Fsp3) is 0. The number of carbonyl (C=O) groups excluding carboxylic acids is 1. The second-order valence-electron chi connectivity index (χ2n) is 4.44. The second kappa shape index (κ2) is 5.39. The highest BCUT2D eigenvalue weighted by atomic mass is 35.5. The molecule has 1 heterocycles. The van der Waals surface area contributed by atoms with Crippen molar-refractivity contribution in [2.75, 3.05) is 5.32 Å². The van der Waals surface area contributed by atoms with Crippen LogP contribution in [0.3, 0.4) is 0 Å². The molecule has 1 aromatic heterocycles. The lowest BCUT2D eigenvalue weighted by Gasteiger charge is -2.08. The van der Waals surface area contributed by atoms with Crippen LogP contribution >= 0.6 is 23.2 Å². The van der Waals surface area contributed by atoms with Gasteiger partial charge in [0.15, 0.2) is 0 Å². The zero-order chi connectivity index (χ0) is 15.0. The topological polar surface area (TPSA) is 44.9 Å². The maximum absolute atomic E-state index is 13.1. The predicted molar refractivity (Wildman–Crippen MR) is 82.7 cm³/mol. The van der Waals surface area contributed by atoms with E-state index >= 15 is 0 Å². The van der Waals surface area contributed by atoms with Crippen LogP contribution in [0, 0.1) is 5.82 Å². The van der Waals surface area contributed by atoms with E-state index in [9.17, 15) is 9.18 Å². The Morgan fingerprint density at radius 3 is 2.57 bits per heavy atom. The molecule has 6 heteroatoms. The number of carbonyl (C=O) groups is 1. The minimum Gasteiger partial charge on any atom is -0.360 e. The standard InChI is InChI=1S/C15H9Cl2FN2O/c16-11-2-1-3-12(17)14(11)20-15(21)10-7-19-13-6-8(18)4-5-9(10)13/h1-7,19H,(H,20,21). The lowest BCUT2D eigenvalue weighted by Crippen LogP contribution is -2.12. The van der Waals surface area contributed by atoms with Gasteiger partial charge in [0.05, 0.1) is 21.3 Å². The predicted octanol–water partition coefficient (Wildman–Crippen LogP) is 4.87. The molecule has 0 bridgehead atoms. The molecular formula is C15H9Cl2FN2O. The van der Waals surface area contributed by atoms with E-state index in [0.29, 0.717) is 32.2 Å². The number of nitrogens with one attached hydrogen (secondary N) is 2. The van der Waals surface area contributed by atoms with E-state index in [1.807, 2.05) is 0 Å². The number of halogens is 3. The molecule has 2 N–H and O–H groups in total. The van der Waals surface area contributed by atoms with Crippen LogP contribution in [0.5, 0.6) is 0 Å². The molecule has 21 heavy (non-hydrogen) atoms. The van der Waals surface area contributed by atoms with Crippen LogP contribution in [-0.4, -0.2) is 10.9 Å². The smallest absolute Gasteiger partial charge is 0.257 e. The number of amides is 1. The summed E-state index contributed by atoms with van der Waals surface area (Å²) in [6.07, 6.45) is 1.52. The largest absolute Gasteiger partial charge is 0.360 e. The third kappa shape index (κ3) is 2.60. The first-order valence-corrected chi connectivity index (χ1v) is 6.84. The van der Waals surface area contributed by atoms with Gasteiger partial charge in [0.1, 0.15) is 5.82 Å². The highest BCUT2D eigenvalue weighted by molar-refractivity contribution is 6.40. The van der Waals surface area contributed by atoms with E-state index in [1.54, 1.807) is 24.3 Å². The number of aromatic amines is 1. The Labute approximate surface area is 129 Å². The minimum atomic E-state index is -0.372. The van der Waals surface area contributed by atoms with Gasteiger partial charge >= 0.3 is 0 Å². The van der Waals surface area contributed by atoms with Crippen molar-refractivity contribution in [2.45, 2.75) is 0 Å². The Balaban J connectivity index is 1.98. The number of hydrogen-bond donors (Lipinski definition) is 2. The Hall–Kier alpha value is -2.04. The van der Waals surface area contributed by atoms with E-state index in [1.165, 1.54) is 18.3 Å². The van der Waals surface area contributed by atoms with Gasteiger partial charge in [-0.05, 0) is 30.3 Å². The highest BCUT2D eigenvalue weighted by Gasteiger charge is 2.15. The van der Waals surface area contributed by atoms with Crippen molar-refractivity contribution in [1.29, 1.82) is 0 Å². The van der Waals surface area contributed by atoms with Crippen LogP contribution in [0.25, 0.3) is 10.9 Å². The number of anilines is 1. The fourth-order valence-electron chi connectivity index (χ4n) is 2.08. The van der Waals surface area contributed by atoms with Gasteiger partial charge in [-0.2, -0.15) is 0 Å². The molecule has 0 radical (unpaired) electrons. The van der Waals surface area contributed by atoms with Gasteiger partial charge in [0.2, 0.25) is 0 Å². The van der Waals surface area contributed by atoms with Crippen molar-refractivity contribution >= 4 is 45.7 Å². The van der Waals surface area contributed by atoms with Gasteiger partial charge < -0.3 is 10.3 Å². The maximum atomic E-state index is 13.1. The molecule has 3 nitrogen and oxygen atoms in total. The molecule has 1 amide bonds. The molecule has 0 aliphatic heterocycles. The molecule has 0 unspecified atom stereocenters. The molecule has 2 aromatic carbocycles. The first-order valence-electron chi connectivity index (χ1n) is 6.08. The summed E-state index contributed by atoms with van der Waals surface area (Å²) in [6, 6.07) is 9.13. The van der Waals surface area contributed by atoms with E-state index in [0.717, 1.165) is 0 Å². The van der Waals surface area contributed by atoms with Crippen LogP contribution in [0.4, 0.5) is 10.1 Å².